The summed E-state index contributed by atoms with van der Waals surface area (Å²) in [6, 6.07) is 1.80. The second-order valence-electron chi connectivity index (χ2n) is 10.7. The lowest BCUT2D eigenvalue weighted by Crippen LogP contribution is -2.47. The number of carboxylic acids is 1. The van der Waals surface area contributed by atoms with Crippen molar-refractivity contribution in [1.29, 1.82) is 0 Å². The fourth-order valence-electron chi connectivity index (χ4n) is 4.69. The van der Waals surface area contributed by atoms with Gasteiger partial charge in [0.15, 0.2) is 0 Å². The Bertz CT molecular complexity index is 976. The van der Waals surface area contributed by atoms with E-state index in [0.29, 0.717) is 16.5 Å². The number of rotatable bonds is 5. The van der Waals surface area contributed by atoms with Crippen LogP contribution in [-0.4, -0.2) is 48.8 Å². The van der Waals surface area contributed by atoms with Crippen LogP contribution in [0.15, 0.2) is 6.07 Å². The predicted octanol–water partition coefficient (Wildman–Crippen LogP) is 6.18. The zero-order valence-electron chi connectivity index (χ0n) is 20.6. The molecule has 5 nitrogen and oxygen atoms in total. The number of anilines is 1. The molecule has 1 aromatic rings. The standard InChI is InChI=1S/C26H38NO4PS/c1-18-7-9-19(10-8-18)24(28)27(20-12-15-32(6,31-5)16-13-20)22-17-21(11-14-26(2,3)4)33-23(22)25(29)30/h17-20H,6-10,12-13,15-16H2,1-5H3,(H,29,30). The van der Waals surface area contributed by atoms with Crippen molar-refractivity contribution in [2.24, 2.45) is 17.3 Å². The van der Waals surface area contributed by atoms with Crippen molar-refractivity contribution >= 4 is 42.3 Å². The summed E-state index contributed by atoms with van der Waals surface area (Å²) < 4.78 is 5.72. The van der Waals surface area contributed by atoms with Crippen LogP contribution in [0.3, 0.4) is 0 Å². The van der Waals surface area contributed by atoms with E-state index in [-0.39, 0.29) is 28.2 Å². The molecule has 1 saturated carbocycles. The zero-order valence-corrected chi connectivity index (χ0v) is 22.4. The van der Waals surface area contributed by atoms with Crippen molar-refractivity contribution in [3.8, 4) is 11.8 Å². The molecule has 1 N–H and O–H groups in total. The fraction of sp³-hybridized carbons (Fsp3) is 0.654. The normalized spacial score (nSPS) is 28.0. The molecule has 33 heavy (non-hydrogen) atoms. The minimum Gasteiger partial charge on any atom is -0.477 e. The first-order valence-corrected chi connectivity index (χ1v) is 15.0. The Morgan fingerprint density at radius 2 is 1.79 bits per heavy atom. The smallest absolute Gasteiger partial charge is 0.348 e. The van der Waals surface area contributed by atoms with E-state index < -0.39 is 13.1 Å². The molecular weight excluding hydrogens is 453 g/mol. The highest BCUT2D eigenvalue weighted by atomic mass is 32.1. The van der Waals surface area contributed by atoms with Crippen LogP contribution in [0, 0.1) is 29.1 Å². The Kier molecular flexibility index (Phi) is 8.20. The molecule has 0 atom stereocenters. The highest BCUT2D eigenvalue weighted by Gasteiger charge is 2.38. The molecule has 2 fully saturated rings. The third-order valence-electron chi connectivity index (χ3n) is 6.82. The van der Waals surface area contributed by atoms with Crippen molar-refractivity contribution < 1.29 is 19.2 Å². The van der Waals surface area contributed by atoms with Crippen molar-refractivity contribution in [2.45, 2.75) is 72.3 Å². The van der Waals surface area contributed by atoms with Gasteiger partial charge in [-0.2, -0.15) is 0 Å². The first-order valence-electron chi connectivity index (χ1n) is 11.9. The van der Waals surface area contributed by atoms with Crippen LogP contribution in [0.2, 0.25) is 0 Å². The maximum atomic E-state index is 13.9. The minimum atomic E-state index is -1.66. The average molecular weight is 492 g/mol. The molecule has 0 bridgehead atoms. The summed E-state index contributed by atoms with van der Waals surface area (Å²) in [4.78, 5) is 28.9. The number of aromatic carboxylic acids is 1. The monoisotopic (exact) mass is 491 g/mol. The van der Waals surface area contributed by atoms with E-state index in [1.807, 2.05) is 31.7 Å². The number of carboxylic acid groups (broad SMARTS) is 1. The van der Waals surface area contributed by atoms with Crippen LogP contribution < -0.4 is 4.90 Å². The van der Waals surface area contributed by atoms with E-state index in [2.05, 4.69) is 25.1 Å². The first kappa shape index (κ1) is 26.1. The summed E-state index contributed by atoms with van der Waals surface area (Å²) in [5.41, 5.74) is 0.332. The van der Waals surface area contributed by atoms with Crippen LogP contribution in [-0.2, 0) is 9.32 Å². The lowest BCUT2D eigenvalue weighted by atomic mass is 9.82. The maximum Gasteiger partial charge on any atom is 0.348 e. The van der Waals surface area contributed by atoms with Gasteiger partial charge >= 0.3 is 5.97 Å². The third kappa shape index (κ3) is 6.53. The quantitative estimate of drug-likeness (QED) is 0.395. The molecule has 0 radical (unpaired) electrons. The minimum absolute atomic E-state index is 0.0296. The molecule has 7 heteroatoms. The fourth-order valence-corrected chi connectivity index (χ4v) is 7.66. The van der Waals surface area contributed by atoms with Gasteiger partial charge in [0.1, 0.15) is 4.88 Å². The van der Waals surface area contributed by atoms with Gasteiger partial charge in [-0.15, -0.1) is 11.3 Å². The molecule has 0 aromatic carbocycles. The molecule has 0 spiro atoms. The Balaban J connectivity index is 2.00. The van der Waals surface area contributed by atoms with Gasteiger partial charge in [-0.1, -0.05) is 25.1 Å². The molecule has 182 valence electrons. The van der Waals surface area contributed by atoms with E-state index in [9.17, 15) is 14.7 Å². The van der Waals surface area contributed by atoms with Crippen molar-refractivity contribution in [3.63, 3.8) is 0 Å². The molecule has 2 heterocycles. The summed E-state index contributed by atoms with van der Waals surface area (Å²) in [6.07, 6.45) is 11.4. The molecule has 1 saturated heterocycles. The summed E-state index contributed by atoms with van der Waals surface area (Å²) in [6.45, 7) is 8.32. The molecule has 0 unspecified atom stereocenters. The number of amides is 1. The summed E-state index contributed by atoms with van der Waals surface area (Å²) in [5, 5.41) is 10.0. The molecule has 1 aliphatic carbocycles. The van der Waals surface area contributed by atoms with Gasteiger partial charge in [0.2, 0.25) is 5.91 Å². The number of carbonyl (C=O) groups excluding carboxylic acids is 1. The van der Waals surface area contributed by atoms with Crippen LogP contribution in [0.25, 0.3) is 0 Å². The van der Waals surface area contributed by atoms with Crippen molar-refractivity contribution in [3.05, 3.63) is 15.8 Å². The maximum absolute atomic E-state index is 13.9. The summed E-state index contributed by atoms with van der Waals surface area (Å²) in [7, 11) is 0.0683. The molecule has 3 rings (SSSR count). The van der Waals surface area contributed by atoms with Gasteiger partial charge in [0.25, 0.3) is 0 Å². The van der Waals surface area contributed by atoms with Gasteiger partial charge in [-0.05, 0) is 83.6 Å². The van der Waals surface area contributed by atoms with Crippen molar-refractivity contribution in [2.75, 3.05) is 24.3 Å². The zero-order chi connectivity index (χ0) is 24.4. The Hall–Kier alpha value is -1.54. The van der Waals surface area contributed by atoms with Crippen molar-refractivity contribution in [1.82, 2.24) is 0 Å². The number of hydrogen-bond acceptors (Lipinski definition) is 4. The Morgan fingerprint density at radius 3 is 2.30 bits per heavy atom. The lowest BCUT2D eigenvalue weighted by molar-refractivity contribution is -0.124. The SMILES string of the molecule is C=P1(OC)CCC(N(C(=O)C2CCC(C)CC2)c2cc(C#CC(C)(C)C)sc2C(=O)O)CC1. The van der Waals surface area contributed by atoms with Crippen LogP contribution in [0.1, 0.15) is 80.8 Å². The molecule has 2 aliphatic rings. The summed E-state index contributed by atoms with van der Waals surface area (Å²) >= 11 is 1.17. The van der Waals surface area contributed by atoms with Gasteiger partial charge in [0.05, 0.1) is 10.6 Å². The third-order valence-corrected chi connectivity index (χ3v) is 10.8. The van der Waals surface area contributed by atoms with E-state index in [0.717, 1.165) is 50.8 Å². The van der Waals surface area contributed by atoms with E-state index in [1.165, 1.54) is 11.3 Å². The lowest BCUT2D eigenvalue weighted by Gasteiger charge is -2.40. The van der Waals surface area contributed by atoms with Gasteiger partial charge in [-0.25, -0.2) is 4.79 Å². The van der Waals surface area contributed by atoms with E-state index in [1.54, 1.807) is 7.11 Å². The first-order chi connectivity index (χ1) is 15.4. The number of hydrogen-bond donors (Lipinski definition) is 1. The average Bonchev–Trinajstić information content (AvgIpc) is 3.18. The molecular formula is C26H38NO4PS. The second kappa shape index (κ2) is 10.4. The predicted molar refractivity (Wildman–Crippen MR) is 140 cm³/mol. The largest absolute Gasteiger partial charge is 0.477 e. The topological polar surface area (TPSA) is 66.8 Å². The van der Waals surface area contributed by atoms with Crippen LogP contribution in [0.5, 0.6) is 0 Å². The summed E-state index contributed by atoms with van der Waals surface area (Å²) in [5.74, 6) is 6.02. The second-order valence-corrected chi connectivity index (χ2v) is 15.1. The number of carbonyl (C=O) groups is 2. The van der Waals surface area contributed by atoms with Gasteiger partial charge in [-0.3, -0.25) is 4.79 Å². The van der Waals surface area contributed by atoms with E-state index >= 15 is 0 Å². The molecule has 1 aliphatic heterocycles. The van der Waals surface area contributed by atoms with E-state index in [4.69, 9.17) is 4.52 Å². The number of nitrogens with zero attached hydrogens (tertiary/aromatic N) is 1. The molecule has 1 amide bonds. The Labute approximate surface area is 203 Å². The Morgan fingerprint density at radius 1 is 1.18 bits per heavy atom. The van der Waals surface area contributed by atoms with Crippen LogP contribution in [0.4, 0.5) is 5.69 Å². The highest BCUT2D eigenvalue weighted by Crippen LogP contribution is 2.51. The molecule has 1 aromatic heterocycles. The van der Waals surface area contributed by atoms with Crippen LogP contribution >= 0.6 is 18.4 Å². The van der Waals surface area contributed by atoms with Gasteiger partial charge in [0, 0.05) is 31.6 Å². The highest BCUT2D eigenvalue weighted by molar-refractivity contribution is 7.69. The van der Waals surface area contributed by atoms with Gasteiger partial charge < -0.3 is 14.5 Å². The number of thiophene rings is 1.